The number of rotatable bonds is 10. The molecule has 0 aliphatic carbocycles. The normalized spacial score (nSPS) is 13.5. The van der Waals surface area contributed by atoms with Crippen molar-refractivity contribution in [1.29, 1.82) is 0 Å². The molecule has 0 aliphatic heterocycles. The van der Waals surface area contributed by atoms with Crippen LogP contribution in [0, 0.1) is 0 Å². The summed E-state index contributed by atoms with van der Waals surface area (Å²) in [6, 6.07) is 22.9. The Balaban J connectivity index is 2.03. The first-order valence-electron chi connectivity index (χ1n) is 11.6. The minimum absolute atomic E-state index is 0.341. The Morgan fingerprint density at radius 1 is 0.706 bits per heavy atom. The standard InChI is InChI=1S/C28H34NO4P/c1-19(2)22-11-15-25(16-12-22)32-34(31,33-26-17-13-23(14-18-26)20(3)4)28(21(5)30)27(29)24-9-7-6-8-10-24/h6-20,27-28H,29H2,1-5H3. The molecular weight excluding hydrogens is 445 g/mol. The molecule has 0 fully saturated rings. The molecule has 0 spiro atoms. The molecule has 0 bridgehead atoms. The van der Waals surface area contributed by atoms with Crippen LogP contribution in [0.3, 0.4) is 0 Å². The van der Waals surface area contributed by atoms with Crippen molar-refractivity contribution in [2.75, 3.05) is 0 Å². The van der Waals surface area contributed by atoms with E-state index in [1.165, 1.54) is 6.92 Å². The molecule has 3 aromatic rings. The van der Waals surface area contributed by atoms with E-state index in [0.29, 0.717) is 28.9 Å². The number of hydrogen-bond donors (Lipinski definition) is 1. The van der Waals surface area contributed by atoms with Gasteiger partial charge in [-0.05, 0) is 59.7 Å². The summed E-state index contributed by atoms with van der Waals surface area (Å²) < 4.78 is 26.4. The Kier molecular flexibility index (Phi) is 8.35. The van der Waals surface area contributed by atoms with Gasteiger partial charge in [-0.25, -0.2) is 4.57 Å². The predicted octanol–water partition coefficient (Wildman–Crippen LogP) is 7.24. The quantitative estimate of drug-likeness (QED) is 0.310. The Bertz CT molecular complexity index is 1070. The highest BCUT2D eigenvalue weighted by atomic mass is 31.2. The molecular formula is C28H34NO4P. The molecule has 2 N–H and O–H groups in total. The first kappa shape index (κ1) is 25.7. The van der Waals surface area contributed by atoms with Gasteiger partial charge in [-0.2, -0.15) is 0 Å². The minimum atomic E-state index is -4.10. The number of hydrogen-bond acceptors (Lipinski definition) is 5. The van der Waals surface area contributed by atoms with Crippen molar-refractivity contribution in [3.63, 3.8) is 0 Å². The first-order chi connectivity index (χ1) is 16.1. The van der Waals surface area contributed by atoms with Crippen LogP contribution in [0.1, 0.15) is 69.2 Å². The fraction of sp³-hybridized carbons (Fsp3) is 0.321. The summed E-state index contributed by atoms with van der Waals surface area (Å²) in [5, 5.41) is 0. The van der Waals surface area contributed by atoms with E-state index in [1.807, 2.05) is 42.5 Å². The molecule has 2 atom stereocenters. The molecule has 180 valence electrons. The van der Waals surface area contributed by atoms with E-state index in [0.717, 1.165) is 11.1 Å². The van der Waals surface area contributed by atoms with Gasteiger partial charge in [-0.3, -0.25) is 4.79 Å². The Hall–Kier alpha value is -2.88. The lowest BCUT2D eigenvalue weighted by molar-refractivity contribution is -0.117. The molecule has 2 unspecified atom stereocenters. The maximum absolute atomic E-state index is 14.4. The average Bonchev–Trinajstić information content (AvgIpc) is 2.80. The van der Waals surface area contributed by atoms with Gasteiger partial charge in [-0.15, -0.1) is 0 Å². The van der Waals surface area contributed by atoms with Crippen LogP contribution in [0.4, 0.5) is 0 Å². The highest BCUT2D eigenvalue weighted by molar-refractivity contribution is 7.56. The number of carbonyl (C=O) groups is 1. The van der Waals surface area contributed by atoms with E-state index in [1.54, 1.807) is 36.4 Å². The molecule has 34 heavy (non-hydrogen) atoms. The molecule has 0 saturated carbocycles. The number of benzene rings is 3. The Morgan fingerprint density at radius 3 is 1.47 bits per heavy atom. The maximum atomic E-state index is 14.4. The van der Waals surface area contributed by atoms with E-state index in [4.69, 9.17) is 14.8 Å². The lowest BCUT2D eigenvalue weighted by Gasteiger charge is -2.30. The highest BCUT2D eigenvalue weighted by Gasteiger charge is 2.47. The summed E-state index contributed by atoms with van der Waals surface area (Å²) in [4.78, 5) is 12.9. The number of carbonyl (C=O) groups excluding carboxylic acids is 1. The van der Waals surface area contributed by atoms with Crippen LogP contribution in [0.5, 0.6) is 11.5 Å². The van der Waals surface area contributed by atoms with Crippen molar-refractivity contribution >= 4 is 13.4 Å². The summed E-state index contributed by atoms with van der Waals surface area (Å²) in [5.74, 6) is 1.04. The van der Waals surface area contributed by atoms with Gasteiger partial charge in [-0.1, -0.05) is 82.3 Å². The molecule has 0 aliphatic rings. The van der Waals surface area contributed by atoms with Gasteiger partial charge < -0.3 is 14.8 Å². The Labute approximate surface area is 202 Å². The third-order valence-electron chi connectivity index (χ3n) is 5.84. The predicted molar refractivity (Wildman–Crippen MR) is 138 cm³/mol. The molecule has 3 rings (SSSR count). The van der Waals surface area contributed by atoms with Crippen molar-refractivity contribution in [2.24, 2.45) is 5.73 Å². The maximum Gasteiger partial charge on any atom is 0.443 e. The number of nitrogens with two attached hydrogens (primary N) is 1. The van der Waals surface area contributed by atoms with Gasteiger partial charge in [0, 0.05) is 0 Å². The van der Waals surface area contributed by atoms with Crippen molar-refractivity contribution in [2.45, 2.75) is 58.2 Å². The van der Waals surface area contributed by atoms with E-state index in [9.17, 15) is 9.36 Å². The fourth-order valence-corrected chi connectivity index (χ4v) is 5.89. The van der Waals surface area contributed by atoms with E-state index in [2.05, 4.69) is 27.7 Å². The summed E-state index contributed by atoms with van der Waals surface area (Å²) in [5.41, 5.74) is 8.24. The van der Waals surface area contributed by atoms with Crippen molar-refractivity contribution < 1.29 is 18.4 Å². The zero-order valence-electron chi connectivity index (χ0n) is 20.5. The fourth-order valence-electron chi connectivity index (χ4n) is 3.78. The third-order valence-corrected chi connectivity index (χ3v) is 8.14. The lowest BCUT2D eigenvalue weighted by atomic mass is 10.0. The van der Waals surface area contributed by atoms with Crippen LogP contribution in [0.15, 0.2) is 78.9 Å². The van der Waals surface area contributed by atoms with Crippen LogP contribution in [-0.4, -0.2) is 11.4 Å². The van der Waals surface area contributed by atoms with Gasteiger partial charge in [0.15, 0.2) is 5.66 Å². The van der Waals surface area contributed by atoms with E-state index in [-0.39, 0.29) is 5.78 Å². The second kappa shape index (κ2) is 11.0. The van der Waals surface area contributed by atoms with Gasteiger partial charge in [0.25, 0.3) is 0 Å². The van der Waals surface area contributed by atoms with Crippen molar-refractivity contribution in [1.82, 2.24) is 0 Å². The zero-order chi connectivity index (χ0) is 24.9. The van der Waals surface area contributed by atoms with Gasteiger partial charge in [0.05, 0.1) is 6.04 Å². The monoisotopic (exact) mass is 479 g/mol. The van der Waals surface area contributed by atoms with Crippen LogP contribution in [0.25, 0.3) is 0 Å². The second-order valence-electron chi connectivity index (χ2n) is 9.16. The summed E-state index contributed by atoms with van der Waals surface area (Å²) in [6.07, 6.45) is 0. The van der Waals surface area contributed by atoms with Crippen LogP contribution >= 0.6 is 7.60 Å². The number of Topliss-reactive ketones (excluding diaryl/α,β-unsaturated/α-hetero) is 1. The van der Waals surface area contributed by atoms with Crippen LogP contribution in [0.2, 0.25) is 0 Å². The molecule has 3 aromatic carbocycles. The van der Waals surface area contributed by atoms with Gasteiger partial charge >= 0.3 is 7.60 Å². The SMILES string of the molecule is CC(=O)C(C(N)c1ccccc1)P(=O)(Oc1ccc(C(C)C)cc1)Oc1ccc(C(C)C)cc1. The molecule has 6 heteroatoms. The molecule has 0 saturated heterocycles. The van der Waals surface area contributed by atoms with Crippen LogP contribution in [-0.2, 0) is 9.36 Å². The molecule has 0 radical (unpaired) electrons. The van der Waals surface area contributed by atoms with Crippen molar-refractivity contribution in [3.8, 4) is 11.5 Å². The molecule has 0 amide bonds. The first-order valence-corrected chi connectivity index (χ1v) is 13.2. The molecule has 0 heterocycles. The largest absolute Gasteiger partial charge is 0.443 e. The van der Waals surface area contributed by atoms with Gasteiger partial charge in [0.2, 0.25) is 0 Å². The van der Waals surface area contributed by atoms with Crippen LogP contribution < -0.4 is 14.8 Å². The molecule has 0 aromatic heterocycles. The van der Waals surface area contributed by atoms with Gasteiger partial charge in [0.1, 0.15) is 17.3 Å². The lowest BCUT2D eigenvalue weighted by Crippen LogP contribution is -2.35. The summed E-state index contributed by atoms with van der Waals surface area (Å²) >= 11 is 0. The average molecular weight is 480 g/mol. The van der Waals surface area contributed by atoms with E-state index < -0.39 is 19.3 Å². The van der Waals surface area contributed by atoms with Crippen molar-refractivity contribution in [3.05, 3.63) is 95.6 Å². The highest BCUT2D eigenvalue weighted by Crippen LogP contribution is 2.56. The van der Waals surface area contributed by atoms with E-state index >= 15 is 0 Å². The summed E-state index contributed by atoms with van der Waals surface area (Å²) in [6.45, 7) is 9.74. The third kappa shape index (κ3) is 6.16. The number of ketones is 1. The second-order valence-corrected chi connectivity index (χ2v) is 11.2. The minimum Gasteiger partial charge on any atom is -0.416 e. The zero-order valence-corrected chi connectivity index (χ0v) is 21.4. The smallest absolute Gasteiger partial charge is 0.416 e. The topological polar surface area (TPSA) is 78.6 Å². The molecule has 5 nitrogen and oxygen atoms in total. The Morgan fingerprint density at radius 2 is 1.12 bits per heavy atom. The summed E-state index contributed by atoms with van der Waals surface area (Å²) in [7, 11) is -4.10.